The summed E-state index contributed by atoms with van der Waals surface area (Å²) in [4.78, 5) is 20.2. The highest BCUT2D eigenvalue weighted by molar-refractivity contribution is 7.21. The molecule has 0 amide bonds. The van der Waals surface area contributed by atoms with E-state index in [0.29, 0.717) is 17.6 Å². The van der Waals surface area contributed by atoms with Crippen LogP contribution in [0.2, 0.25) is 0 Å². The lowest BCUT2D eigenvalue weighted by Crippen LogP contribution is -2.06. The quantitative estimate of drug-likeness (QED) is 0.195. The summed E-state index contributed by atoms with van der Waals surface area (Å²) in [6.45, 7) is 0. The maximum Gasteiger partial charge on any atom is 0.238 e. The molecule has 0 unspecified atom stereocenters. The molecule has 3 aromatic heterocycles. The van der Waals surface area contributed by atoms with Crippen LogP contribution in [0.1, 0.15) is 0 Å². The molecule has 6 heteroatoms. The topological polar surface area (TPSA) is 56.5 Å². The fourth-order valence-electron chi connectivity index (χ4n) is 6.07. The van der Waals surface area contributed by atoms with Crippen LogP contribution < -0.4 is 0 Å². The molecule has 0 N–H and O–H groups in total. The standard InChI is InChI=1S/C40H25N5S/c1-3-11-26(12-4-1)27-19-21-28(22-20-27)37-42-38(30-23-24-33-36(25-30)46-39(41-33)29-13-5-2-6-14-29)44-40(43-37)45-34-17-9-7-15-31(34)32-16-8-10-18-35(32)45/h1-25H. The van der Waals surface area contributed by atoms with Crippen LogP contribution in [0.3, 0.4) is 0 Å². The average molecular weight is 608 g/mol. The van der Waals surface area contributed by atoms with E-state index in [1.54, 1.807) is 11.3 Å². The number of hydrogen-bond acceptors (Lipinski definition) is 5. The van der Waals surface area contributed by atoms with Crippen LogP contribution in [0, 0.1) is 0 Å². The highest BCUT2D eigenvalue weighted by atomic mass is 32.1. The van der Waals surface area contributed by atoms with Crippen molar-refractivity contribution in [1.29, 1.82) is 0 Å². The van der Waals surface area contributed by atoms with Crippen LogP contribution in [0.4, 0.5) is 0 Å². The molecule has 0 aliphatic rings. The van der Waals surface area contributed by atoms with Gasteiger partial charge in [-0.1, -0.05) is 121 Å². The van der Waals surface area contributed by atoms with E-state index in [9.17, 15) is 0 Å². The summed E-state index contributed by atoms with van der Waals surface area (Å²) in [6, 6.07) is 52.2. The summed E-state index contributed by atoms with van der Waals surface area (Å²) in [5.41, 5.74) is 8.34. The predicted molar refractivity (Wildman–Crippen MR) is 189 cm³/mol. The van der Waals surface area contributed by atoms with Crippen molar-refractivity contribution in [3.8, 4) is 50.4 Å². The lowest BCUT2D eigenvalue weighted by molar-refractivity contribution is 0.954. The molecule has 0 aliphatic heterocycles. The van der Waals surface area contributed by atoms with Crippen molar-refractivity contribution in [3.05, 3.63) is 152 Å². The molecule has 0 saturated carbocycles. The van der Waals surface area contributed by atoms with E-state index in [0.717, 1.165) is 59.3 Å². The van der Waals surface area contributed by atoms with Crippen molar-refractivity contribution < 1.29 is 0 Å². The molecule has 0 radical (unpaired) electrons. The van der Waals surface area contributed by atoms with Gasteiger partial charge in [-0.2, -0.15) is 9.97 Å². The highest BCUT2D eigenvalue weighted by Gasteiger charge is 2.18. The second-order valence-corrected chi connectivity index (χ2v) is 12.2. The molecule has 3 heterocycles. The van der Waals surface area contributed by atoms with Gasteiger partial charge in [-0.25, -0.2) is 9.97 Å². The number of hydrogen-bond donors (Lipinski definition) is 0. The fraction of sp³-hybridized carbons (Fsp3) is 0. The Balaban J connectivity index is 1.24. The predicted octanol–water partition coefficient (Wildman–Crippen LogP) is 10.2. The average Bonchev–Trinajstić information content (AvgIpc) is 3.72. The number of benzene rings is 6. The van der Waals surface area contributed by atoms with E-state index in [1.165, 1.54) is 5.56 Å². The van der Waals surface area contributed by atoms with Crippen LogP contribution in [-0.4, -0.2) is 24.5 Å². The van der Waals surface area contributed by atoms with Gasteiger partial charge in [0.05, 0.1) is 21.3 Å². The largest absolute Gasteiger partial charge is 0.278 e. The molecule has 0 fully saturated rings. The number of fused-ring (bicyclic) bond motifs is 4. The first-order valence-corrected chi connectivity index (χ1v) is 16.0. The second-order valence-electron chi connectivity index (χ2n) is 11.2. The summed E-state index contributed by atoms with van der Waals surface area (Å²) in [5, 5.41) is 3.32. The molecule has 0 saturated heterocycles. The zero-order valence-corrected chi connectivity index (χ0v) is 25.4. The van der Waals surface area contributed by atoms with Gasteiger partial charge in [0.1, 0.15) is 5.01 Å². The lowest BCUT2D eigenvalue weighted by atomic mass is 10.0. The molecule has 0 aliphatic carbocycles. The summed E-state index contributed by atoms with van der Waals surface area (Å²) >= 11 is 1.68. The van der Waals surface area contributed by atoms with E-state index >= 15 is 0 Å². The van der Waals surface area contributed by atoms with Crippen LogP contribution in [0.5, 0.6) is 0 Å². The van der Waals surface area contributed by atoms with E-state index in [2.05, 4.69) is 132 Å². The van der Waals surface area contributed by atoms with Crippen LogP contribution in [-0.2, 0) is 0 Å². The molecule has 0 atom stereocenters. The molecule has 9 rings (SSSR count). The van der Waals surface area contributed by atoms with Crippen molar-refractivity contribution >= 4 is 43.4 Å². The van der Waals surface area contributed by atoms with Crippen LogP contribution >= 0.6 is 11.3 Å². The minimum atomic E-state index is 0.582. The molecular weight excluding hydrogens is 583 g/mol. The molecule has 0 bridgehead atoms. The minimum Gasteiger partial charge on any atom is -0.278 e. The first-order valence-electron chi connectivity index (χ1n) is 15.2. The van der Waals surface area contributed by atoms with Gasteiger partial charge in [0.25, 0.3) is 0 Å². The van der Waals surface area contributed by atoms with E-state index < -0.39 is 0 Å². The Morgan fingerprint density at radius 3 is 1.61 bits per heavy atom. The van der Waals surface area contributed by atoms with E-state index in [-0.39, 0.29) is 0 Å². The molecular formula is C40H25N5S. The summed E-state index contributed by atoms with van der Waals surface area (Å²) in [6.07, 6.45) is 0. The Hall–Kier alpha value is -5.98. The molecule has 0 spiro atoms. The fourth-order valence-corrected chi connectivity index (χ4v) is 7.08. The summed E-state index contributed by atoms with van der Waals surface area (Å²) < 4.78 is 3.24. The van der Waals surface area contributed by atoms with Crippen molar-refractivity contribution in [1.82, 2.24) is 24.5 Å². The highest BCUT2D eigenvalue weighted by Crippen LogP contribution is 2.35. The van der Waals surface area contributed by atoms with Gasteiger partial charge >= 0.3 is 0 Å². The normalized spacial score (nSPS) is 11.5. The Labute approximate surface area is 269 Å². The van der Waals surface area contributed by atoms with Gasteiger partial charge < -0.3 is 0 Å². The van der Waals surface area contributed by atoms with E-state index in [4.69, 9.17) is 19.9 Å². The van der Waals surface area contributed by atoms with Gasteiger partial charge in [0.2, 0.25) is 5.95 Å². The first kappa shape index (κ1) is 26.4. The summed E-state index contributed by atoms with van der Waals surface area (Å²) in [7, 11) is 0. The molecule has 46 heavy (non-hydrogen) atoms. The Morgan fingerprint density at radius 1 is 0.413 bits per heavy atom. The van der Waals surface area contributed by atoms with Gasteiger partial charge in [-0.05, 0) is 41.5 Å². The SMILES string of the molecule is c1ccc(-c2ccc(-c3nc(-c4ccc5nc(-c6ccccc6)sc5c4)nc(-n4c5ccccc5c5ccccc54)n3)cc2)cc1. The Kier molecular flexibility index (Phi) is 6.25. The Morgan fingerprint density at radius 2 is 0.935 bits per heavy atom. The third-order valence-electron chi connectivity index (χ3n) is 8.32. The van der Waals surface area contributed by atoms with Gasteiger partial charge in [-0.15, -0.1) is 11.3 Å². The molecule has 6 aromatic carbocycles. The number of nitrogens with zero attached hydrogens (tertiary/aromatic N) is 5. The number of thiazole rings is 1. The lowest BCUT2D eigenvalue weighted by Gasteiger charge is -2.11. The van der Waals surface area contributed by atoms with Crippen molar-refractivity contribution in [2.24, 2.45) is 0 Å². The van der Waals surface area contributed by atoms with Crippen LogP contribution in [0.15, 0.2) is 152 Å². The summed E-state index contributed by atoms with van der Waals surface area (Å²) in [5.74, 6) is 1.82. The van der Waals surface area contributed by atoms with E-state index in [1.807, 2.05) is 24.3 Å². The van der Waals surface area contributed by atoms with Crippen molar-refractivity contribution in [2.45, 2.75) is 0 Å². The van der Waals surface area contributed by atoms with Crippen LogP contribution in [0.25, 0.3) is 82.4 Å². The second kappa shape index (κ2) is 10.9. The first-order chi connectivity index (χ1) is 22.8. The maximum atomic E-state index is 5.13. The van der Waals surface area contributed by atoms with Crippen molar-refractivity contribution in [2.75, 3.05) is 0 Å². The molecule has 9 aromatic rings. The smallest absolute Gasteiger partial charge is 0.238 e. The monoisotopic (exact) mass is 607 g/mol. The zero-order valence-electron chi connectivity index (χ0n) is 24.6. The minimum absolute atomic E-state index is 0.582. The third-order valence-corrected chi connectivity index (χ3v) is 9.39. The maximum absolute atomic E-state index is 5.13. The van der Waals surface area contributed by atoms with Gasteiger partial charge in [0.15, 0.2) is 11.6 Å². The number of aromatic nitrogens is 5. The molecule has 5 nitrogen and oxygen atoms in total. The number of rotatable bonds is 5. The third kappa shape index (κ3) is 4.55. The Bertz CT molecular complexity index is 2460. The van der Waals surface area contributed by atoms with Gasteiger partial charge in [0, 0.05) is 27.5 Å². The zero-order chi connectivity index (χ0) is 30.5. The van der Waals surface area contributed by atoms with Crippen molar-refractivity contribution in [3.63, 3.8) is 0 Å². The van der Waals surface area contributed by atoms with Gasteiger partial charge in [-0.3, -0.25) is 4.57 Å². The number of para-hydroxylation sites is 2. The molecule has 216 valence electrons.